The zero-order chi connectivity index (χ0) is 22.1. The number of carbonyl (C=O) groups is 1. The Morgan fingerprint density at radius 2 is 1.81 bits per heavy atom. The molecule has 0 radical (unpaired) electrons. The van der Waals surface area contributed by atoms with Crippen LogP contribution in [0.2, 0.25) is 5.02 Å². The number of rotatable bonds is 5. The number of aryl methyl sites for hydroxylation is 1. The second-order valence-electron chi connectivity index (χ2n) is 9.91. The van der Waals surface area contributed by atoms with Gasteiger partial charge in [-0.3, -0.25) is 4.79 Å². The van der Waals surface area contributed by atoms with Crippen LogP contribution in [0.5, 0.6) is 0 Å². The first-order valence-corrected chi connectivity index (χ1v) is 12.8. The Morgan fingerprint density at radius 1 is 1.06 bits per heavy atom. The molecule has 1 aromatic heterocycles. The maximum atomic E-state index is 12.4. The summed E-state index contributed by atoms with van der Waals surface area (Å²) in [4.78, 5) is 12.4. The maximum Gasteiger partial charge on any atom is 0.245 e. The summed E-state index contributed by atoms with van der Waals surface area (Å²) in [5.41, 5.74) is 4.90. The summed E-state index contributed by atoms with van der Waals surface area (Å²) in [6.45, 7) is -0.453. The van der Waals surface area contributed by atoms with Gasteiger partial charge in [0.25, 0.3) is 0 Å². The van der Waals surface area contributed by atoms with Gasteiger partial charge in [-0.25, -0.2) is 4.68 Å². The smallest absolute Gasteiger partial charge is 0.245 e. The van der Waals surface area contributed by atoms with Gasteiger partial charge in [-0.05, 0) is 87.1 Å². The van der Waals surface area contributed by atoms with Crippen molar-refractivity contribution in [1.82, 2.24) is 15.1 Å². The molecule has 0 spiro atoms. The molecular weight excluding hydrogens is 422 g/mol. The molecule has 2 atom stereocenters. The second-order valence-corrected chi connectivity index (χ2v) is 10.4. The minimum absolute atomic E-state index is 0.0408. The number of halogens is 1. The van der Waals surface area contributed by atoms with E-state index in [9.17, 15) is 9.90 Å². The lowest BCUT2D eigenvalue weighted by atomic mass is 9.62. The fourth-order valence-corrected chi connectivity index (χ4v) is 6.98. The van der Waals surface area contributed by atoms with E-state index in [1.165, 1.54) is 61.9 Å². The van der Waals surface area contributed by atoms with Gasteiger partial charge in [-0.15, -0.1) is 0 Å². The first-order chi connectivity index (χ1) is 15.6. The third kappa shape index (κ3) is 3.77. The molecule has 2 fully saturated rings. The number of aliphatic hydroxyl groups is 1. The second kappa shape index (κ2) is 9.18. The quantitative estimate of drug-likeness (QED) is 0.674. The normalized spacial score (nSPS) is 26.1. The number of aromatic nitrogens is 2. The van der Waals surface area contributed by atoms with Crippen molar-refractivity contribution < 1.29 is 9.90 Å². The van der Waals surface area contributed by atoms with Crippen molar-refractivity contribution in [3.8, 4) is 5.69 Å². The zero-order valence-electron chi connectivity index (χ0n) is 18.8. The van der Waals surface area contributed by atoms with Crippen LogP contribution in [-0.4, -0.2) is 33.4 Å². The predicted molar refractivity (Wildman–Crippen MR) is 126 cm³/mol. The van der Waals surface area contributed by atoms with Crippen LogP contribution in [-0.2, 0) is 23.1 Å². The van der Waals surface area contributed by atoms with Crippen LogP contribution >= 0.6 is 11.6 Å². The fourth-order valence-electron chi connectivity index (χ4n) is 6.86. The number of amides is 1. The number of hydrogen-bond donors (Lipinski definition) is 2. The maximum absolute atomic E-state index is 12.4. The Hall–Kier alpha value is -1.85. The molecule has 0 bridgehead atoms. The summed E-state index contributed by atoms with van der Waals surface area (Å²) in [6.07, 6.45) is 13.8. The molecule has 172 valence electrons. The molecule has 6 heteroatoms. The monoisotopic (exact) mass is 455 g/mol. The highest BCUT2D eigenvalue weighted by Crippen LogP contribution is 2.53. The van der Waals surface area contributed by atoms with Crippen molar-refractivity contribution in [2.45, 2.75) is 88.5 Å². The van der Waals surface area contributed by atoms with E-state index in [0.29, 0.717) is 5.92 Å². The number of nitrogens with one attached hydrogen (secondary N) is 1. The third-order valence-electron chi connectivity index (χ3n) is 8.19. The van der Waals surface area contributed by atoms with Crippen LogP contribution in [0.25, 0.3) is 5.69 Å². The standard InChI is InChI=1S/C26H34ClN3O2/c27-19-12-14-20(15-13-19)30-25(21-9-4-5-10-22(21)29-30)26(18-7-2-1-3-8-18)16-6-11-23(26)28-24(32)17-31/h12-15,18,23,31H,1-11,16-17H2,(H,28,32). The molecule has 2 unspecified atom stereocenters. The summed E-state index contributed by atoms with van der Waals surface area (Å²) < 4.78 is 2.20. The van der Waals surface area contributed by atoms with Gasteiger partial charge in [-0.2, -0.15) is 5.10 Å². The SMILES string of the molecule is O=C(CO)NC1CCCC1(c1c2c(nn1-c1ccc(Cl)cc1)CCCC2)C1CCCCC1. The average molecular weight is 456 g/mol. The highest BCUT2D eigenvalue weighted by atomic mass is 35.5. The van der Waals surface area contributed by atoms with Crippen LogP contribution in [0.4, 0.5) is 0 Å². The van der Waals surface area contributed by atoms with E-state index in [0.717, 1.165) is 42.8 Å². The number of aliphatic hydroxyl groups excluding tert-OH is 1. The van der Waals surface area contributed by atoms with Crippen LogP contribution in [0, 0.1) is 5.92 Å². The highest BCUT2D eigenvalue weighted by Gasteiger charge is 2.53. The predicted octanol–water partition coefficient (Wildman–Crippen LogP) is 4.88. The van der Waals surface area contributed by atoms with Crippen molar-refractivity contribution in [2.24, 2.45) is 5.92 Å². The van der Waals surface area contributed by atoms with E-state index in [-0.39, 0.29) is 17.4 Å². The molecule has 32 heavy (non-hydrogen) atoms. The van der Waals surface area contributed by atoms with Crippen molar-refractivity contribution in [3.05, 3.63) is 46.2 Å². The average Bonchev–Trinajstić information content (AvgIpc) is 3.42. The van der Waals surface area contributed by atoms with Crippen LogP contribution < -0.4 is 5.32 Å². The van der Waals surface area contributed by atoms with E-state index in [2.05, 4.69) is 22.1 Å². The van der Waals surface area contributed by atoms with E-state index in [1.807, 2.05) is 12.1 Å². The van der Waals surface area contributed by atoms with Gasteiger partial charge < -0.3 is 10.4 Å². The van der Waals surface area contributed by atoms with Gasteiger partial charge in [0.15, 0.2) is 0 Å². The summed E-state index contributed by atoms with van der Waals surface area (Å²) in [6, 6.07) is 8.05. The molecule has 1 aromatic carbocycles. The van der Waals surface area contributed by atoms with Crippen molar-refractivity contribution in [2.75, 3.05) is 6.61 Å². The summed E-state index contributed by atoms with van der Waals surface area (Å²) in [7, 11) is 0. The Morgan fingerprint density at radius 3 is 2.56 bits per heavy atom. The molecule has 5 nitrogen and oxygen atoms in total. The summed E-state index contributed by atoms with van der Waals surface area (Å²) >= 11 is 6.21. The van der Waals surface area contributed by atoms with Gasteiger partial charge >= 0.3 is 0 Å². The zero-order valence-corrected chi connectivity index (χ0v) is 19.5. The van der Waals surface area contributed by atoms with Crippen LogP contribution in [0.1, 0.15) is 81.2 Å². The summed E-state index contributed by atoms with van der Waals surface area (Å²) in [5, 5.41) is 18.7. The number of benzene rings is 1. The lowest BCUT2D eigenvalue weighted by Gasteiger charge is -2.45. The Labute approximate surface area is 195 Å². The molecule has 5 rings (SSSR count). The van der Waals surface area contributed by atoms with Crippen molar-refractivity contribution in [1.29, 1.82) is 0 Å². The van der Waals surface area contributed by atoms with Crippen molar-refractivity contribution >= 4 is 17.5 Å². The lowest BCUT2D eigenvalue weighted by Crippen LogP contribution is -2.53. The first-order valence-electron chi connectivity index (χ1n) is 12.4. The topological polar surface area (TPSA) is 67.2 Å². The van der Waals surface area contributed by atoms with Gasteiger partial charge in [0, 0.05) is 16.5 Å². The fraction of sp³-hybridized carbons (Fsp3) is 0.615. The third-order valence-corrected chi connectivity index (χ3v) is 8.44. The molecule has 2 saturated carbocycles. The van der Waals surface area contributed by atoms with E-state index < -0.39 is 6.61 Å². The Kier molecular flexibility index (Phi) is 6.31. The number of fused-ring (bicyclic) bond motifs is 1. The molecule has 1 amide bonds. The first kappa shape index (κ1) is 22.0. The van der Waals surface area contributed by atoms with E-state index >= 15 is 0 Å². The Balaban J connectivity index is 1.71. The van der Waals surface area contributed by atoms with E-state index in [4.69, 9.17) is 16.7 Å². The van der Waals surface area contributed by atoms with Gasteiger partial charge in [0.1, 0.15) is 6.61 Å². The molecule has 3 aliphatic rings. The Bertz CT molecular complexity index is 964. The molecule has 0 saturated heterocycles. The number of hydrogen-bond acceptors (Lipinski definition) is 3. The molecule has 0 aliphatic heterocycles. The van der Waals surface area contributed by atoms with Gasteiger partial charge in [0.2, 0.25) is 5.91 Å². The number of carbonyl (C=O) groups excluding carboxylic acids is 1. The van der Waals surface area contributed by atoms with Crippen LogP contribution in [0.15, 0.2) is 24.3 Å². The van der Waals surface area contributed by atoms with Gasteiger partial charge in [0.05, 0.1) is 17.1 Å². The van der Waals surface area contributed by atoms with Crippen molar-refractivity contribution in [3.63, 3.8) is 0 Å². The highest BCUT2D eigenvalue weighted by molar-refractivity contribution is 6.30. The molecule has 2 N–H and O–H groups in total. The molecular formula is C26H34ClN3O2. The summed E-state index contributed by atoms with van der Waals surface area (Å²) in [5.74, 6) is 0.264. The molecule has 3 aliphatic carbocycles. The molecule has 1 heterocycles. The number of nitrogens with zero attached hydrogens (tertiary/aromatic N) is 2. The minimum Gasteiger partial charge on any atom is -0.387 e. The van der Waals surface area contributed by atoms with Gasteiger partial charge in [-0.1, -0.05) is 37.3 Å². The lowest BCUT2D eigenvalue weighted by molar-refractivity contribution is -0.125. The van der Waals surface area contributed by atoms with E-state index in [1.54, 1.807) is 0 Å². The minimum atomic E-state index is -0.453. The van der Waals surface area contributed by atoms with Crippen LogP contribution in [0.3, 0.4) is 0 Å². The largest absolute Gasteiger partial charge is 0.387 e. The molecule has 2 aromatic rings.